The smallest absolute Gasteiger partial charge is 0.256 e. The van der Waals surface area contributed by atoms with Crippen LogP contribution >= 0.6 is 11.3 Å². The lowest BCUT2D eigenvalue weighted by Gasteiger charge is -2.20. The van der Waals surface area contributed by atoms with E-state index >= 15 is 0 Å². The Balaban J connectivity index is 1.93. The molecule has 0 aliphatic rings. The van der Waals surface area contributed by atoms with Crippen LogP contribution < -0.4 is 5.56 Å². The first kappa shape index (κ1) is 17.0. The third kappa shape index (κ3) is 2.37. The Bertz CT molecular complexity index is 1420. The number of hydrogen-bond acceptors (Lipinski definition) is 5. The lowest BCUT2D eigenvalue weighted by atomic mass is 9.98. The van der Waals surface area contributed by atoms with Gasteiger partial charge in [-0.3, -0.25) is 9.78 Å². The number of aliphatic hydroxyl groups is 1. The van der Waals surface area contributed by atoms with Crippen molar-refractivity contribution in [2.75, 3.05) is 0 Å². The van der Waals surface area contributed by atoms with E-state index in [0.717, 1.165) is 4.70 Å². The summed E-state index contributed by atoms with van der Waals surface area (Å²) in [4.78, 5) is 23.9. The van der Waals surface area contributed by atoms with Gasteiger partial charge in [0.2, 0.25) is 0 Å². The Morgan fingerprint density at radius 2 is 1.89 bits per heavy atom. The maximum absolute atomic E-state index is 13.9. The number of fused-ring (bicyclic) bond motifs is 6. The predicted octanol–water partition coefficient (Wildman–Crippen LogP) is 4.08. The molecule has 0 spiro atoms. The molecule has 2 aromatic carbocycles. The second-order valence-corrected chi connectivity index (χ2v) is 7.79. The van der Waals surface area contributed by atoms with Crippen molar-refractivity contribution in [1.82, 2.24) is 15.0 Å². The Morgan fingerprint density at radius 3 is 2.68 bits per heavy atom. The summed E-state index contributed by atoms with van der Waals surface area (Å²) < 4.78 is 14.7. The molecular formula is C21H14FN3O2S. The zero-order valence-electron chi connectivity index (χ0n) is 14.7. The molecule has 7 heteroatoms. The number of thiazole rings is 1. The average molecular weight is 391 g/mol. The van der Waals surface area contributed by atoms with E-state index in [4.69, 9.17) is 4.98 Å². The summed E-state index contributed by atoms with van der Waals surface area (Å²) in [5, 5.41) is 14.0. The first-order chi connectivity index (χ1) is 13.5. The van der Waals surface area contributed by atoms with Crippen molar-refractivity contribution < 1.29 is 9.50 Å². The number of nitrogens with one attached hydrogen (secondary N) is 1. The normalized spacial score (nSPS) is 14.0. The van der Waals surface area contributed by atoms with Gasteiger partial charge in [0.1, 0.15) is 16.4 Å². The van der Waals surface area contributed by atoms with Gasteiger partial charge in [-0.05, 0) is 48.9 Å². The molecule has 1 unspecified atom stereocenters. The number of aromatic nitrogens is 3. The monoisotopic (exact) mass is 391 g/mol. The molecule has 3 aromatic heterocycles. The highest BCUT2D eigenvalue weighted by Gasteiger charge is 2.30. The maximum atomic E-state index is 13.9. The van der Waals surface area contributed by atoms with E-state index in [1.54, 1.807) is 49.8 Å². The van der Waals surface area contributed by atoms with Gasteiger partial charge in [0, 0.05) is 34.7 Å². The predicted molar refractivity (Wildman–Crippen MR) is 108 cm³/mol. The summed E-state index contributed by atoms with van der Waals surface area (Å²) in [6.45, 7) is 1.68. The number of benzene rings is 2. The number of pyridine rings is 2. The van der Waals surface area contributed by atoms with Crippen LogP contribution in [0.25, 0.3) is 31.8 Å². The highest BCUT2D eigenvalue weighted by atomic mass is 32.1. The topological polar surface area (TPSA) is 78.9 Å². The minimum atomic E-state index is -1.33. The minimum Gasteiger partial charge on any atom is -0.378 e. The fourth-order valence-electron chi connectivity index (χ4n) is 3.56. The molecule has 0 fully saturated rings. The second kappa shape index (κ2) is 5.92. The number of aromatic amines is 1. The van der Waals surface area contributed by atoms with Gasteiger partial charge < -0.3 is 10.1 Å². The molecular weight excluding hydrogens is 377 g/mol. The first-order valence-electron chi connectivity index (χ1n) is 8.63. The van der Waals surface area contributed by atoms with Gasteiger partial charge in [-0.25, -0.2) is 9.37 Å². The van der Waals surface area contributed by atoms with E-state index in [2.05, 4.69) is 9.97 Å². The van der Waals surface area contributed by atoms with E-state index in [9.17, 15) is 14.3 Å². The fraction of sp³-hybridized carbons (Fsp3) is 0.0952. The fourth-order valence-corrected chi connectivity index (χ4v) is 4.74. The van der Waals surface area contributed by atoms with Crippen LogP contribution in [-0.2, 0) is 5.60 Å². The first-order valence-corrected chi connectivity index (χ1v) is 9.45. The lowest BCUT2D eigenvalue weighted by molar-refractivity contribution is 0.102. The van der Waals surface area contributed by atoms with Crippen molar-refractivity contribution in [2.45, 2.75) is 12.5 Å². The summed E-state index contributed by atoms with van der Waals surface area (Å²) in [5.74, 6) is -0.421. The Kier molecular flexibility index (Phi) is 3.59. The Morgan fingerprint density at radius 1 is 1.11 bits per heavy atom. The SMILES string of the molecule is CC(O)(c1ccncc1)c1nc2c3ccc(F)cc3c3c(=O)[nH]ccc3c2s1. The zero-order valence-corrected chi connectivity index (χ0v) is 15.5. The summed E-state index contributed by atoms with van der Waals surface area (Å²) in [6.07, 6.45) is 4.80. The molecule has 2 N–H and O–H groups in total. The van der Waals surface area contributed by atoms with Crippen LogP contribution in [0, 0.1) is 5.82 Å². The molecule has 0 aliphatic heterocycles. The van der Waals surface area contributed by atoms with Crippen molar-refractivity contribution in [2.24, 2.45) is 0 Å². The van der Waals surface area contributed by atoms with Crippen LogP contribution in [0.15, 0.2) is 59.8 Å². The van der Waals surface area contributed by atoms with Crippen LogP contribution in [0.1, 0.15) is 17.5 Å². The van der Waals surface area contributed by atoms with Crippen molar-refractivity contribution in [1.29, 1.82) is 0 Å². The van der Waals surface area contributed by atoms with Crippen LogP contribution in [0.2, 0.25) is 0 Å². The van der Waals surface area contributed by atoms with Crippen molar-refractivity contribution in [3.63, 3.8) is 0 Å². The number of nitrogens with zero attached hydrogens (tertiary/aromatic N) is 2. The molecule has 0 amide bonds. The maximum Gasteiger partial charge on any atom is 0.256 e. The summed E-state index contributed by atoms with van der Waals surface area (Å²) in [7, 11) is 0. The second-order valence-electron chi connectivity index (χ2n) is 6.79. The molecule has 138 valence electrons. The number of H-pyrrole nitrogens is 1. The van der Waals surface area contributed by atoms with E-state index in [1.165, 1.54) is 23.5 Å². The molecule has 3 heterocycles. The molecule has 0 aliphatic carbocycles. The minimum absolute atomic E-state index is 0.286. The van der Waals surface area contributed by atoms with Gasteiger partial charge in [-0.15, -0.1) is 11.3 Å². The van der Waals surface area contributed by atoms with Gasteiger partial charge >= 0.3 is 0 Å². The van der Waals surface area contributed by atoms with Crippen molar-refractivity contribution in [3.05, 3.63) is 81.7 Å². The molecule has 5 aromatic rings. The quantitative estimate of drug-likeness (QED) is 0.445. The third-order valence-corrected chi connectivity index (χ3v) is 6.30. The molecule has 0 radical (unpaired) electrons. The zero-order chi connectivity index (χ0) is 19.5. The van der Waals surface area contributed by atoms with E-state index in [1.807, 2.05) is 0 Å². The van der Waals surface area contributed by atoms with Crippen molar-refractivity contribution in [3.8, 4) is 0 Å². The summed E-state index contributed by atoms with van der Waals surface area (Å²) in [6, 6.07) is 9.60. The van der Waals surface area contributed by atoms with Crippen molar-refractivity contribution >= 4 is 43.1 Å². The van der Waals surface area contributed by atoms with Gasteiger partial charge in [0.25, 0.3) is 5.56 Å². The standard InChI is InChI=1S/C21H14FN3O2S/c1-21(27,11-4-7-23-8-5-11)20-25-17-13-3-2-12(22)10-15(13)16-14(18(17)28-20)6-9-24-19(16)26/h2-10,27H,1H3,(H,24,26). The molecule has 5 nitrogen and oxygen atoms in total. The number of rotatable bonds is 2. The number of hydrogen-bond donors (Lipinski definition) is 2. The van der Waals surface area contributed by atoms with Crippen LogP contribution in [0.4, 0.5) is 4.39 Å². The summed E-state index contributed by atoms with van der Waals surface area (Å²) in [5.41, 5.74) is -0.306. The average Bonchev–Trinajstić information content (AvgIpc) is 3.15. The highest BCUT2D eigenvalue weighted by molar-refractivity contribution is 7.20. The molecule has 1 atom stereocenters. The van der Waals surface area contributed by atoms with Gasteiger partial charge in [-0.1, -0.05) is 0 Å². The molecule has 5 rings (SSSR count). The van der Waals surface area contributed by atoms with Gasteiger partial charge in [0.15, 0.2) is 0 Å². The molecule has 0 saturated heterocycles. The van der Waals surface area contributed by atoms with E-state index < -0.39 is 11.4 Å². The van der Waals surface area contributed by atoms with E-state index in [-0.39, 0.29) is 5.56 Å². The lowest BCUT2D eigenvalue weighted by Crippen LogP contribution is -2.22. The molecule has 28 heavy (non-hydrogen) atoms. The largest absolute Gasteiger partial charge is 0.378 e. The third-order valence-electron chi connectivity index (χ3n) is 5.00. The van der Waals surface area contributed by atoms with Crippen LogP contribution in [-0.4, -0.2) is 20.1 Å². The van der Waals surface area contributed by atoms with Crippen LogP contribution in [0.5, 0.6) is 0 Å². The molecule has 0 saturated carbocycles. The number of halogens is 1. The Hall–Kier alpha value is -3.16. The molecule has 0 bridgehead atoms. The van der Waals surface area contributed by atoms with Crippen LogP contribution in [0.3, 0.4) is 0 Å². The highest BCUT2D eigenvalue weighted by Crippen LogP contribution is 2.41. The van der Waals surface area contributed by atoms with Gasteiger partial charge in [0.05, 0.1) is 15.6 Å². The summed E-state index contributed by atoms with van der Waals surface area (Å²) >= 11 is 1.33. The van der Waals surface area contributed by atoms with Gasteiger partial charge in [-0.2, -0.15) is 0 Å². The Labute approximate surface area is 162 Å². The van der Waals surface area contributed by atoms with E-state index in [0.29, 0.717) is 37.6 Å².